The number of hydrogen-bond acceptors (Lipinski definition) is 5. The van der Waals surface area contributed by atoms with Gasteiger partial charge in [-0.1, -0.05) is 48.0 Å². The molecule has 0 bridgehead atoms. The third-order valence-electron chi connectivity index (χ3n) is 6.30. The van der Waals surface area contributed by atoms with Crippen molar-refractivity contribution in [3.63, 3.8) is 0 Å². The summed E-state index contributed by atoms with van der Waals surface area (Å²) in [5.74, 6) is -0.756. The average molecular weight is 577 g/mol. The van der Waals surface area contributed by atoms with Crippen molar-refractivity contribution in [2.24, 2.45) is 0 Å². The first-order valence-corrected chi connectivity index (χ1v) is 14.4. The highest BCUT2D eigenvalue weighted by atomic mass is 35.5. The number of sulfonamides is 1. The van der Waals surface area contributed by atoms with E-state index in [2.05, 4.69) is 5.32 Å². The number of anilines is 2. The first kappa shape index (κ1) is 28.9. The van der Waals surface area contributed by atoms with Crippen molar-refractivity contribution in [3.05, 3.63) is 124 Å². The largest absolute Gasteiger partial charge is 0.462 e. The molecule has 0 aromatic heterocycles. The second kappa shape index (κ2) is 12.4. The van der Waals surface area contributed by atoms with Crippen LogP contribution >= 0.6 is 11.6 Å². The Bertz CT molecular complexity index is 1640. The summed E-state index contributed by atoms with van der Waals surface area (Å²) in [6.07, 6.45) is 0. The lowest BCUT2D eigenvalue weighted by molar-refractivity contribution is 0.0526. The molecule has 0 spiro atoms. The van der Waals surface area contributed by atoms with Crippen LogP contribution in [0, 0.1) is 13.8 Å². The number of carbonyl (C=O) groups is 2. The summed E-state index contributed by atoms with van der Waals surface area (Å²) >= 11 is 6.24. The summed E-state index contributed by atoms with van der Waals surface area (Å²) in [7, 11) is -3.91. The fourth-order valence-corrected chi connectivity index (χ4v) is 5.83. The molecule has 0 radical (unpaired) electrons. The molecular weight excluding hydrogens is 548 g/mol. The standard InChI is InChI=1S/C31H29ClN2O5S/c1-4-39-31(36)25-15-17-28(22(3)18-25)33-30(35)24-13-11-23(12-14-24)20-34(29-19-26(32)16-10-21(29)2)40(37,38)27-8-6-5-7-9-27/h5-19H,4,20H2,1-3H3,(H,33,35). The van der Waals surface area contributed by atoms with E-state index in [0.717, 1.165) is 5.56 Å². The molecule has 0 heterocycles. The maximum atomic E-state index is 13.7. The minimum absolute atomic E-state index is 0.0364. The van der Waals surface area contributed by atoms with Gasteiger partial charge in [-0.3, -0.25) is 9.10 Å². The van der Waals surface area contributed by atoms with E-state index < -0.39 is 16.0 Å². The second-order valence-corrected chi connectivity index (χ2v) is 11.5. The van der Waals surface area contributed by atoms with Gasteiger partial charge in [0.25, 0.3) is 15.9 Å². The lowest BCUT2D eigenvalue weighted by Gasteiger charge is -2.26. The van der Waals surface area contributed by atoms with Crippen LogP contribution in [0.4, 0.5) is 11.4 Å². The Morgan fingerprint density at radius 3 is 2.17 bits per heavy atom. The van der Waals surface area contributed by atoms with Gasteiger partial charge in [-0.15, -0.1) is 0 Å². The Hall–Kier alpha value is -4.14. The molecule has 0 fully saturated rings. The van der Waals surface area contributed by atoms with Gasteiger partial charge in [0, 0.05) is 16.3 Å². The molecule has 0 aliphatic rings. The number of halogens is 1. The van der Waals surface area contributed by atoms with Gasteiger partial charge in [0.1, 0.15) is 0 Å². The van der Waals surface area contributed by atoms with Crippen molar-refractivity contribution in [2.45, 2.75) is 32.2 Å². The fraction of sp³-hybridized carbons (Fsp3) is 0.161. The average Bonchev–Trinajstić information content (AvgIpc) is 2.95. The van der Waals surface area contributed by atoms with Crippen molar-refractivity contribution < 1.29 is 22.7 Å². The Kier molecular flexibility index (Phi) is 8.92. The van der Waals surface area contributed by atoms with Gasteiger partial charge in [0.05, 0.1) is 29.3 Å². The molecule has 9 heteroatoms. The smallest absolute Gasteiger partial charge is 0.338 e. The number of aryl methyl sites for hydroxylation is 2. The molecule has 0 aliphatic carbocycles. The molecule has 4 aromatic carbocycles. The summed E-state index contributed by atoms with van der Waals surface area (Å²) in [6.45, 7) is 5.67. The maximum absolute atomic E-state index is 13.7. The quantitative estimate of drug-likeness (QED) is 0.222. The number of hydrogen-bond donors (Lipinski definition) is 1. The van der Waals surface area contributed by atoms with Gasteiger partial charge in [-0.05, 0) is 92.1 Å². The van der Waals surface area contributed by atoms with Crippen LogP contribution in [0.5, 0.6) is 0 Å². The number of esters is 1. The van der Waals surface area contributed by atoms with Crippen LogP contribution in [-0.4, -0.2) is 26.9 Å². The zero-order valence-corrected chi connectivity index (χ0v) is 23.9. The molecule has 4 rings (SSSR count). The van der Waals surface area contributed by atoms with Gasteiger partial charge in [0.15, 0.2) is 0 Å². The van der Waals surface area contributed by atoms with Crippen LogP contribution in [0.25, 0.3) is 0 Å². The van der Waals surface area contributed by atoms with Crippen LogP contribution in [0.15, 0.2) is 95.9 Å². The zero-order chi connectivity index (χ0) is 28.9. The lowest BCUT2D eigenvalue weighted by atomic mass is 10.1. The molecule has 0 aliphatic heterocycles. The third kappa shape index (κ3) is 6.52. The van der Waals surface area contributed by atoms with Crippen molar-refractivity contribution in [1.29, 1.82) is 0 Å². The van der Waals surface area contributed by atoms with Gasteiger partial charge < -0.3 is 10.1 Å². The third-order valence-corrected chi connectivity index (χ3v) is 8.31. The van der Waals surface area contributed by atoms with E-state index >= 15 is 0 Å². The van der Waals surface area contributed by atoms with Gasteiger partial charge in [0.2, 0.25) is 0 Å². The van der Waals surface area contributed by atoms with E-state index in [-0.39, 0.29) is 24.0 Å². The minimum Gasteiger partial charge on any atom is -0.462 e. The number of nitrogens with one attached hydrogen (secondary N) is 1. The number of benzene rings is 4. The van der Waals surface area contributed by atoms with Crippen molar-refractivity contribution in [1.82, 2.24) is 0 Å². The molecule has 1 N–H and O–H groups in total. The van der Waals surface area contributed by atoms with Crippen LogP contribution in [0.3, 0.4) is 0 Å². The summed E-state index contributed by atoms with van der Waals surface area (Å²) in [5.41, 5.74) is 4.00. The first-order valence-electron chi connectivity index (χ1n) is 12.6. The maximum Gasteiger partial charge on any atom is 0.338 e. The number of carbonyl (C=O) groups excluding carboxylic acids is 2. The normalized spacial score (nSPS) is 11.1. The SMILES string of the molecule is CCOC(=O)c1ccc(NC(=O)c2ccc(CN(c3cc(Cl)ccc3C)S(=O)(=O)c3ccccc3)cc2)c(C)c1. The summed E-state index contributed by atoms with van der Waals surface area (Å²) < 4.78 is 33.8. The van der Waals surface area contributed by atoms with E-state index in [1.165, 1.54) is 4.31 Å². The predicted octanol–water partition coefficient (Wildman–Crippen LogP) is 6.78. The molecule has 0 unspecified atom stereocenters. The molecule has 0 saturated heterocycles. The van der Waals surface area contributed by atoms with Gasteiger partial charge in [-0.25, -0.2) is 13.2 Å². The minimum atomic E-state index is -3.91. The van der Waals surface area contributed by atoms with Crippen LogP contribution in [0.2, 0.25) is 5.02 Å². The molecular formula is C31H29ClN2O5S. The van der Waals surface area contributed by atoms with E-state index in [1.807, 2.05) is 6.92 Å². The highest BCUT2D eigenvalue weighted by molar-refractivity contribution is 7.92. The van der Waals surface area contributed by atoms with Gasteiger partial charge >= 0.3 is 5.97 Å². The molecule has 0 atom stereocenters. The number of rotatable bonds is 9. The fourth-order valence-electron chi connectivity index (χ4n) is 4.14. The highest BCUT2D eigenvalue weighted by Gasteiger charge is 2.26. The van der Waals surface area contributed by atoms with Crippen molar-refractivity contribution >= 4 is 44.9 Å². The van der Waals surface area contributed by atoms with Crippen LogP contribution in [-0.2, 0) is 21.3 Å². The lowest BCUT2D eigenvalue weighted by Crippen LogP contribution is -2.31. The molecule has 7 nitrogen and oxygen atoms in total. The predicted molar refractivity (Wildman–Crippen MR) is 158 cm³/mol. The van der Waals surface area contributed by atoms with E-state index in [1.54, 1.807) is 105 Å². The van der Waals surface area contributed by atoms with Crippen LogP contribution < -0.4 is 9.62 Å². The molecule has 1 amide bonds. The Morgan fingerprint density at radius 2 is 1.52 bits per heavy atom. The Labute approximate surface area is 239 Å². The molecule has 206 valence electrons. The Balaban J connectivity index is 1.57. The van der Waals surface area contributed by atoms with E-state index in [0.29, 0.717) is 38.7 Å². The number of nitrogens with zero attached hydrogens (tertiary/aromatic N) is 1. The monoisotopic (exact) mass is 576 g/mol. The highest BCUT2D eigenvalue weighted by Crippen LogP contribution is 2.31. The molecule has 4 aromatic rings. The second-order valence-electron chi connectivity index (χ2n) is 9.16. The zero-order valence-electron chi connectivity index (χ0n) is 22.3. The van der Waals surface area contributed by atoms with Crippen molar-refractivity contribution in [3.8, 4) is 0 Å². The van der Waals surface area contributed by atoms with E-state index in [9.17, 15) is 18.0 Å². The molecule has 0 saturated carbocycles. The Morgan fingerprint density at radius 1 is 0.850 bits per heavy atom. The van der Waals surface area contributed by atoms with E-state index in [4.69, 9.17) is 16.3 Å². The first-order chi connectivity index (χ1) is 19.1. The number of ether oxygens (including phenoxy) is 1. The van der Waals surface area contributed by atoms with Crippen molar-refractivity contribution in [2.75, 3.05) is 16.2 Å². The topological polar surface area (TPSA) is 92.8 Å². The van der Waals surface area contributed by atoms with Crippen LogP contribution in [0.1, 0.15) is 44.3 Å². The summed E-state index contributed by atoms with van der Waals surface area (Å²) in [4.78, 5) is 25.1. The molecule has 40 heavy (non-hydrogen) atoms. The summed E-state index contributed by atoms with van der Waals surface area (Å²) in [5, 5.41) is 3.28. The summed E-state index contributed by atoms with van der Waals surface area (Å²) in [6, 6.07) is 25.0. The van der Waals surface area contributed by atoms with Gasteiger partial charge in [-0.2, -0.15) is 0 Å². The number of amides is 1.